The highest BCUT2D eigenvalue weighted by Gasteiger charge is 2.28. The van der Waals surface area contributed by atoms with Crippen molar-refractivity contribution in [1.29, 1.82) is 0 Å². The highest BCUT2D eigenvalue weighted by molar-refractivity contribution is 5.75. The molecule has 0 fully saturated rings. The van der Waals surface area contributed by atoms with E-state index in [0.29, 0.717) is 6.54 Å². The SMILES string of the molecule is CCCN(CCN(CCC)C(C(=O)O)c1ccc(OC)cc1)C(C)c1ccc(OC)cc1. The molecular formula is C26H38N2O4. The molecule has 2 aromatic carbocycles. The fourth-order valence-corrected chi connectivity index (χ4v) is 4.09. The number of aliphatic carboxylic acids is 1. The molecule has 0 amide bonds. The third-order valence-corrected chi connectivity index (χ3v) is 5.87. The lowest BCUT2D eigenvalue weighted by atomic mass is 10.0. The molecule has 0 spiro atoms. The number of rotatable bonds is 14. The molecule has 0 heterocycles. The Morgan fingerprint density at radius 2 is 1.22 bits per heavy atom. The van der Waals surface area contributed by atoms with Gasteiger partial charge in [0.2, 0.25) is 0 Å². The van der Waals surface area contributed by atoms with E-state index >= 15 is 0 Å². The van der Waals surface area contributed by atoms with Crippen molar-refractivity contribution in [2.45, 2.75) is 45.7 Å². The molecule has 2 rings (SSSR count). The Balaban J connectivity index is 2.18. The Kier molecular flexibility index (Phi) is 10.5. The molecule has 2 unspecified atom stereocenters. The molecule has 2 aromatic rings. The number of hydrogen-bond acceptors (Lipinski definition) is 5. The van der Waals surface area contributed by atoms with Gasteiger partial charge in [0.05, 0.1) is 14.2 Å². The summed E-state index contributed by atoms with van der Waals surface area (Å²) in [7, 11) is 3.28. The Bertz CT molecular complexity index is 808. The fourth-order valence-electron chi connectivity index (χ4n) is 4.09. The fraction of sp³-hybridized carbons (Fsp3) is 0.500. The molecule has 0 saturated heterocycles. The number of carbonyl (C=O) groups is 1. The summed E-state index contributed by atoms with van der Waals surface area (Å²) >= 11 is 0. The zero-order valence-corrected chi connectivity index (χ0v) is 20.1. The van der Waals surface area contributed by atoms with Crippen LogP contribution in [-0.4, -0.2) is 61.3 Å². The first-order chi connectivity index (χ1) is 15.4. The van der Waals surface area contributed by atoms with Gasteiger partial charge in [-0.1, -0.05) is 38.1 Å². The maximum absolute atomic E-state index is 12.3. The molecule has 0 aliphatic carbocycles. The van der Waals surface area contributed by atoms with E-state index in [1.54, 1.807) is 14.2 Å². The second kappa shape index (κ2) is 13.1. The monoisotopic (exact) mass is 442 g/mol. The van der Waals surface area contributed by atoms with Gasteiger partial charge in [-0.25, -0.2) is 0 Å². The summed E-state index contributed by atoms with van der Waals surface area (Å²) in [5, 5.41) is 10.1. The van der Waals surface area contributed by atoms with E-state index in [0.717, 1.165) is 49.5 Å². The summed E-state index contributed by atoms with van der Waals surface area (Å²) in [6.07, 6.45) is 1.93. The minimum Gasteiger partial charge on any atom is -0.497 e. The minimum atomic E-state index is -0.825. The maximum Gasteiger partial charge on any atom is 0.325 e. The molecular weight excluding hydrogens is 404 g/mol. The molecule has 0 saturated carbocycles. The summed E-state index contributed by atoms with van der Waals surface area (Å²) in [6.45, 7) is 9.62. The van der Waals surface area contributed by atoms with E-state index in [-0.39, 0.29) is 6.04 Å². The van der Waals surface area contributed by atoms with Crippen molar-refractivity contribution in [3.8, 4) is 11.5 Å². The van der Waals surface area contributed by atoms with Gasteiger partial charge >= 0.3 is 5.97 Å². The zero-order valence-electron chi connectivity index (χ0n) is 20.1. The molecule has 176 valence electrons. The predicted octanol–water partition coefficient (Wildman–Crippen LogP) is 5.01. The minimum absolute atomic E-state index is 0.230. The van der Waals surface area contributed by atoms with Crippen LogP contribution in [0, 0.1) is 0 Å². The summed E-state index contributed by atoms with van der Waals surface area (Å²) in [5.74, 6) is 0.747. The largest absolute Gasteiger partial charge is 0.497 e. The molecule has 2 atom stereocenters. The van der Waals surface area contributed by atoms with E-state index in [1.807, 2.05) is 36.4 Å². The van der Waals surface area contributed by atoms with E-state index < -0.39 is 12.0 Å². The molecule has 0 aliphatic heterocycles. The Labute approximate surface area is 192 Å². The van der Waals surface area contributed by atoms with E-state index in [1.165, 1.54) is 5.56 Å². The maximum atomic E-state index is 12.3. The average Bonchev–Trinajstić information content (AvgIpc) is 2.81. The summed E-state index contributed by atoms with van der Waals surface area (Å²) in [6, 6.07) is 15.1. The van der Waals surface area contributed by atoms with E-state index in [2.05, 4.69) is 42.7 Å². The van der Waals surface area contributed by atoms with Crippen molar-refractivity contribution in [2.24, 2.45) is 0 Å². The number of carboxylic acids is 1. The Morgan fingerprint density at radius 1 is 0.781 bits per heavy atom. The first-order valence-electron chi connectivity index (χ1n) is 11.4. The number of nitrogens with zero attached hydrogens (tertiary/aromatic N) is 2. The molecule has 32 heavy (non-hydrogen) atoms. The summed E-state index contributed by atoms with van der Waals surface area (Å²) < 4.78 is 10.5. The van der Waals surface area contributed by atoms with E-state index in [4.69, 9.17) is 9.47 Å². The van der Waals surface area contributed by atoms with Gasteiger partial charge < -0.3 is 14.6 Å². The standard InChI is InChI=1S/C26H38N2O4/c1-6-16-27(20(3)21-8-12-23(31-4)13-9-21)18-19-28(17-7-2)25(26(29)30)22-10-14-24(32-5)15-11-22/h8-15,20,25H,6-7,16-19H2,1-5H3,(H,29,30). The highest BCUT2D eigenvalue weighted by Crippen LogP contribution is 2.26. The van der Waals surface area contributed by atoms with Crippen LogP contribution < -0.4 is 9.47 Å². The van der Waals surface area contributed by atoms with Gasteiger partial charge in [-0.05, 0) is 68.2 Å². The average molecular weight is 443 g/mol. The topological polar surface area (TPSA) is 62.2 Å². The lowest BCUT2D eigenvalue weighted by Crippen LogP contribution is -2.41. The van der Waals surface area contributed by atoms with Crippen molar-refractivity contribution in [3.05, 3.63) is 59.7 Å². The first-order valence-corrected chi connectivity index (χ1v) is 11.4. The number of hydrogen-bond donors (Lipinski definition) is 1. The van der Waals surface area contributed by atoms with Crippen molar-refractivity contribution in [1.82, 2.24) is 9.80 Å². The van der Waals surface area contributed by atoms with Crippen molar-refractivity contribution >= 4 is 5.97 Å². The van der Waals surface area contributed by atoms with Gasteiger partial charge in [0.25, 0.3) is 0 Å². The molecule has 0 bridgehead atoms. The number of ether oxygens (including phenoxy) is 2. The Hall–Kier alpha value is -2.57. The third kappa shape index (κ3) is 6.97. The van der Waals surface area contributed by atoms with Crippen LogP contribution in [0.3, 0.4) is 0 Å². The van der Waals surface area contributed by atoms with Gasteiger partial charge in [0, 0.05) is 19.1 Å². The lowest BCUT2D eigenvalue weighted by molar-refractivity contribution is -0.143. The van der Waals surface area contributed by atoms with Gasteiger partial charge in [-0.2, -0.15) is 0 Å². The van der Waals surface area contributed by atoms with Crippen LogP contribution >= 0.6 is 0 Å². The second-order valence-electron chi connectivity index (χ2n) is 8.04. The van der Waals surface area contributed by atoms with Crippen LogP contribution in [0.5, 0.6) is 11.5 Å². The molecule has 1 N–H and O–H groups in total. The molecule has 6 heteroatoms. The normalized spacial score (nSPS) is 13.2. The summed E-state index contributed by atoms with van der Waals surface area (Å²) in [5.41, 5.74) is 2.00. The number of benzene rings is 2. The molecule has 0 aliphatic rings. The smallest absolute Gasteiger partial charge is 0.325 e. The Morgan fingerprint density at radius 3 is 1.66 bits per heavy atom. The second-order valence-corrected chi connectivity index (χ2v) is 8.04. The molecule has 0 radical (unpaired) electrons. The predicted molar refractivity (Wildman–Crippen MR) is 129 cm³/mol. The number of carboxylic acid groups (broad SMARTS) is 1. The van der Waals surface area contributed by atoms with Crippen molar-refractivity contribution < 1.29 is 19.4 Å². The van der Waals surface area contributed by atoms with Crippen LogP contribution in [0.2, 0.25) is 0 Å². The van der Waals surface area contributed by atoms with Crippen LogP contribution in [0.1, 0.15) is 56.8 Å². The number of methoxy groups -OCH3 is 2. The molecule has 6 nitrogen and oxygen atoms in total. The van der Waals surface area contributed by atoms with Crippen molar-refractivity contribution in [2.75, 3.05) is 40.4 Å². The van der Waals surface area contributed by atoms with Crippen molar-refractivity contribution in [3.63, 3.8) is 0 Å². The highest BCUT2D eigenvalue weighted by atomic mass is 16.5. The van der Waals surface area contributed by atoms with Gasteiger partial charge in [0.1, 0.15) is 17.5 Å². The quantitative estimate of drug-likeness (QED) is 0.444. The van der Waals surface area contributed by atoms with Crippen LogP contribution in [0.4, 0.5) is 0 Å². The summed E-state index contributed by atoms with van der Waals surface area (Å²) in [4.78, 5) is 16.8. The van der Waals surface area contributed by atoms with Gasteiger partial charge in [-0.3, -0.25) is 14.6 Å². The third-order valence-electron chi connectivity index (χ3n) is 5.87. The first kappa shape index (κ1) is 25.7. The lowest BCUT2D eigenvalue weighted by Gasteiger charge is -2.34. The van der Waals surface area contributed by atoms with E-state index in [9.17, 15) is 9.90 Å². The van der Waals surface area contributed by atoms with Crippen LogP contribution in [0.25, 0.3) is 0 Å². The van der Waals surface area contributed by atoms with Crippen LogP contribution in [0.15, 0.2) is 48.5 Å². The van der Waals surface area contributed by atoms with Gasteiger partial charge in [-0.15, -0.1) is 0 Å². The molecule has 0 aromatic heterocycles. The zero-order chi connectivity index (χ0) is 23.5. The van der Waals surface area contributed by atoms with Gasteiger partial charge in [0.15, 0.2) is 0 Å². The van der Waals surface area contributed by atoms with Crippen LogP contribution in [-0.2, 0) is 4.79 Å².